The fraction of sp³-hybridized carbons (Fsp3) is 0.333. The molecule has 1 aliphatic rings. The van der Waals surface area contributed by atoms with Crippen molar-refractivity contribution < 1.29 is 14.2 Å². The van der Waals surface area contributed by atoms with Gasteiger partial charge in [-0.15, -0.1) is 0 Å². The highest BCUT2D eigenvalue weighted by molar-refractivity contribution is 5.55. The first-order valence-corrected chi connectivity index (χ1v) is 11.1. The van der Waals surface area contributed by atoms with Crippen LogP contribution in [0.2, 0.25) is 0 Å². The molecule has 0 radical (unpaired) electrons. The number of hydrogen-bond donors (Lipinski definition) is 0. The number of benzene rings is 3. The van der Waals surface area contributed by atoms with Crippen LogP contribution < -0.4 is 14.2 Å². The molecule has 5 heteroatoms. The second kappa shape index (κ2) is 10.5. The van der Waals surface area contributed by atoms with E-state index in [1.807, 2.05) is 6.07 Å². The molecule has 32 heavy (non-hydrogen) atoms. The molecule has 1 heterocycles. The first-order valence-electron chi connectivity index (χ1n) is 11.1. The Labute approximate surface area is 191 Å². The van der Waals surface area contributed by atoms with Gasteiger partial charge >= 0.3 is 0 Å². The van der Waals surface area contributed by atoms with Crippen LogP contribution >= 0.6 is 0 Å². The third-order valence-electron chi connectivity index (χ3n) is 6.18. The molecule has 168 valence electrons. The van der Waals surface area contributed by atoms with E-state index in [9.17, 15) is 0 Å². The summed E-state index contributed by atoms with van der Waals surface area (Å²) >= 11 is 0. The fourth-order valence-electron chi connectivity index (χ4n) is 4.59. The third-order valence-corrected chi connectivity index (χ3v) is 6.18. The second-order valence-electron chi connectivity index (χ2n) is 8.03. The molecule has 3 aromatic rings. The van der Waals surface area contributed by atoms with E-state index in [4.69, 9.17) is 14.2 Å². The SMILES string of the molecule is COc1ccc(CN2CCN(C(c3ccccc3)c3ccccc3)CC2)c(OC)c1OC. The van der Waals surface area contributed by atoms with Crippen LogP contribution in [0, 0.1) is 0 Å². The van der Waals surface area contributed by atoms with Crippen molar-refractivity contribution in [3.63, 3.8) is 0 Å². The van der Waals surface area contributed by atoms with Gasteiger partial charge in [-0.25, -0.2) is 0 Å². The maximum Gasteiger partial charge on any atom is 0.203 e. The van der Waals surface area contributed by atoms with Crippen molar-refractivity contribution in [2.24, 2.45) is 0 Å². The standard InChI is InChI=1S/C27H32N2O3/c1-30-24-15-14-23(26(31-2)27(24)32-3)20-28-16-18-29(19-17-28)25(21-10-6-4-7-11-21)22-12-8-5-9-13-22/h4-15,25H,16-20H2,1-3H3. The summed E-state index contributed by atoms with van der Waals surface area (Å²) in [5.41, 5.74) is 3.80. The summed E-state index contributed by atoms with van der Waals surface area (Å²) in [6.07, 6.45) is 0. The Hall–Kier alpha value is -3.02. The Kier molecular flexibility index (Phi) is 7.30. The number of ether oxygens (including phenoxy) is 3. The van der Waals surface area contributed by atoms with Gasteiger partial charge in [0, 0.05) is 38.3 Å². The predicted molar refractivity (Wildman–Crippen MR) is 128 cm³/mol. The molecule has 0 amide bonds. The zero-order chi connectivity index (χ0) is 22.3. The molecule has 0 N–H and O–H groups in total. The van der Waals surface area contributed by atoms with Gasteiger partial charge in [-0.3, -0.25) is 9.80 Å². The van der Waals surface area contributed by atoms with Gasteiger partial charge in [-0.1, -0.05) is 66.7 Å². The number of hydrogen-bond acceptors (Lipinski definition) is 5. The molecule has 0 aliphatic carbocycles. The van der Waals surface area contributed by atoms with Gasteiger partial charge in [0.15, 0.2) is 11.5 Å². The van der Waals surface area contributed by atoms with Crippen molar-refractivity contribution in [3.8, 4) is 17.2 Å². The molecular weight excluding hydrogens is 400 g/mol. The molecule has 0 saturated carbocycles. The molecule has 0 unspecified atom stereocenters. The zero-order valence-electron chi connectivity index (χ0n) is 19.2. The molecule has 5 nitrogen and oxygen atoms in total. The molecule has 3 aromatic carbocycles. The first kappa shape index (κ1) is 22.2. The van der Waals surface area contributed by atoms with Gasteiger partial charge in [0.2, 0.25) is 5.75 Å². The molecule has 1 fully saturated rings. The highest BCUT2D eigenvalue weighted by Crippen LogP contribution is 2.40. The zero-order valence-corrected chi connectivity index (χ0v) is 19.2. The van der Waals surface area contributed by atoms with E-state index in [0.29, 0.717) is 11.5 Å². The van der Waals surface area contributed by atoms with E-state index in [0.717, 1.165) is 44.0 Å². The average Bonchev–Trinajstić information content (AvgIpc) is 2.86. The minimum absolute atomic E-state index is 0.273. The lowest BCUT2D eigenvalue weighted by atomic mass is 9.96. The van der Waals surface area contributed by atoms with Crippen LogP contribution in [0.4, 0.5) is 0 Å². The lowest BCUT2D eigenvalue weighted by Gasteiger charge is -2.40. The topological polar surface area (TPSA) is 34.2 Å². The van der Waals surface area contributed by atoms with Crippen molar-refractivity contribution in [1.29, 1.82) is 0 Å². The smallest absolute Gasteiger partial charge is 0.203 e. The normalized spacial score (nSPS) is 15.0. The average molecular weight is 433 g/mol. The Morgan fingerprint density at radius 2 is 1.22 bits per heavy atom. The summed E-state index contributed by atoms with van der Waals surface area (Å²) in [6.45, 7) is 4.81. The molecular formula is C27H32N2O3. The minimum atomic E-state index is 0.273. The van der Waals surface area contributed by atoms with E-state index < -0.39 is 0 Å². The molecule has 4 rings (SSSR count). The van der Waals surface area contributed by atoms with Gasteiger partial charge in [-0.05, 0) is 17.2 Å². The van der Waals surface area contributed by atoms with Gasteiger partial charge in [0.1, 0.15) is 0 Å². The van der Waals surface area contributed by atoms with Crippen LogP contribution in [-0.4, -0.2) is 57.3 Å². The summed E-state index contributed by atoms with van der Waals surface area (Å²) in [6, 6.07) is 25.9. The summed E-state index contributed by atoms with van der Waals surface area (Å²) in [5.74, 6) is 2.09. The van der Waals surface area contributed by atoms with Crippen LogP contribution in [0.3, 0.4) is 0 Å². The molecule has 1 saturated heterocycles. The first-order chi connectivity index (χ1) is 15.7. The van der Waals surface area contributed by atoms with Crippen LogP contribution in [0.1, 0.15) is 22.7 Å². The molecule has 0 aromatic heterocycles. The van der Waals surface area contributed by atoms with E-state index in [-0.39, 0.29) is 6.04 Å². The lowest BCUT2D eigenvalue weighted by molar-refractivity contribution is 0.104. The molecule has 0 spiro atoms. The minimum Gasteiger partial charge on any atom is -0.493 e. The number of methoxy groups -OCH3 is 3. The fourth-order valence-corrected chi connectivity index (χ4v) is 4.59. The van der Waals surface area contributed by atoms with Gasteiger partial charge < -0.3 is 14.2 Å². The summed E-state index contributed by atoms with van der Waals surface area (Å²) in [5, 5.41) is 0. The maximum absolute atomic E-state index is 5.68. The van der Waals surface area contributed by atoms with Crippen molar-refractivity contribution in [1.82, 2.24) is 9.80 Å². The van der Waals surface area contributed by atoms with E-state index in [2.05, 4.69) is 76.5 Å². The van der Waals surface area contributed by atoms with E-state index in [1.54, 1.807) is 21.3 Å². The van der Waals surface area contributed by atoms with Crippen molar-refractivity contribution in [2.75, 3.05) is 47.5 Å². The highest BCUT2D eigenvalue weighted by atomic mass is 16.5. The van der Waals surface area contributed by atoms with Crippen LogP contribution in [0.15, 0.2) is 72.8 Å². The second-order valence-corrected chi connectivity index (χ2v) is 8.03. The van der Waals surface area contributed by atoms with Crippen LogP contribution in [0.25, 0.3) is 0 Å². The van der Waals surface area contributed by atoms with Crippen LogP contribution in [-0.2, 0) is 6.54 Å². The van der Waals surface area contributed by atoms with E-state index in [1.165, 1.54) is 11.1 Å². The third kappa shape index (κ3) is 4.74. The van der Waals surface area contributed by atoms with Crippen molar-refractivity contribution >= 4 is 0 Å². The Bertz CT molecular complexity index is 947. The van der Waals surface area contributed by atoms with Crippen molar-refractivity contribution in [2.45, 2.75) is 12.6 Å². The highest BCUT2D eigenvalue weighted by Gasteiger charge is 2.27. The number of rotatable bonds is 8. The van der Waals surface area contributed by atoms with Gasteiger partial charge in [0.05, 0.1) is 27.4 Å². The largest absolute Gasteiger partial charge is 0.493 e. The monoisotopic (exact) mass is 432 g/mol. The lowest BCUT2D eigenvalue weighted by Crippen LogP contribution is -2.47. The summed E-state index contributed by atoms with van der Waals surface area (Å²) in [4.78, 5) is 5.07. The molecule has 1 aliphatic heterocycles. The Morgan fingerprint density at radius 3 is 1.72 bits per heavy atom. The summed E-state index contributed by atoms with van der Waals surface area (Å²) in [7, 11) is 4.98. The number of nitrogens with zero attached hydrogens (tertiary/aromatic N) is 2. The quantitative estimate of drug-likeness (QED) is 0.519. The van der Waals surface area contributed by atoms with Crippen LogP contribution in [0.5, 0.6) is 17.2 Å². The maximum atomic E-state index is 5.68. The van der Waals surface area contributed by atoms with E-state index >= 15 is 0 Å². The number of piperazine rings is 1. The molecule has 0 atom stereocenters. The van der Waals surface area contributed by atoms with Gasteiger partial charge in [0.25, 0.3) is 0 Å². The summed E-state index contributed by atoms with van der Waals surface area (Å²) < 4.78 is 16.7. The predicted octanol–water partition coefficient (Wildman–Crippen LogP) is 4.62. The van der Waals surface area contributed by atoms with Crippen molar-refractivity contribution in [3.05, 3.63) is 89.5 Å². The van der Waals surface area contributed by atoms with Gasteiger partial charge in [-0.2, -0.15) is 0 Å². The molecule has 0 bridgehead atoms. The Balaban J connectivity index is 1.49. The Morgan fingerprint density at radius 1 is 0.656 bits per heavy atom.